The number of nitrogens with zero attached hydrogens (tertiary/aromatic N) is 2. The zero-order valence-corrected chi connectivity index (χ0v) is 24.9. The number of aromatic nitrogens is 4. The van der Waals surface area contributed by atoms with Crippen LogP contribution in [0.3, 0.4) is 0 Å². The van der Waals surface area contributed by atoms with Gasteiger partial charge in [-0.3, -0.25) is 0 Å². The van der Waals surface area contributed by atoms with Crippen LogP contribution in [0.1, 0.15) is 13.8 Å². The fraction of sp³-hybridized carbons (Fsp3) is 0.0556. The summed E-state index contributed by atoms with van der Waals surface area (Å²) >= 11 is 5.96. The smallest absolute Gasteiger partial charge is 0.160 e. The van der Waals surface area contributed by atoms with E-state index in [-0.39, 0.29) is 11.6 Å². The summed E-state index contributed by atoms with van der Waals surface area (Å²) in [6, 6.07) is 25.1. The van der Waals surface area contributed by atoms with Crippen LogP contribution in [0.4, 0.5) is 17.6 Å². The zero-order valence-electron chi connectivity index (χ0n) is 24.1. The molecular formula is C36H25ClF4N4. The molecule has 4 heterocycles. The van der Waals surface area contributed by atoms with Crippen molar-refractivity contribution in [3.8, 4) is 22.5 Å². The van der Waals surface area contributed by atoms with Crippen molar-refractivity contribution in [1.29, 1.82) is 0 Å². The fourth-order valence-corrected chi connectivity index (χ4v) is 5.38. The molecule has 9 heteroatoms. The van der Waals surface area contributed by atoms with E-state index in [0.717, 1.165) is 39.7 Å². The maximum atomic E-state index is 13.9. The predicted molar refractivity (Wildman–Crippen MR) is 174 cm³/mol. The highest BCUT2D eigenvalue weighted by Gasteiger charge is 2.14. The number of H-pyrrole nitrogens is 2. The predicted octanol–water partition coefficient (Wildman–Crippen LogP) is 11.0. The summed E-state index contributed by atoms with van der Waals surface area (Å²) in [5.41, 5.74) is 5.19. The van der Waals surface area contributed by atoms with Gasteiger partial charge in [-0.25, -0.2) is 27.5 Å². The second-order valence-corrected chi connectivity index (χ2v) is 10.4. The summed E-state index contributed by atoms with van der Waals surface area (Å²) in [6.45, 7) is 4.00. The number of pyridine rings is 2. The first-order chi connectivity index (χ1) is 21.9. The molecule has 0 aliphatic heterocycles. The zero-order chi connectivity index (χ0) is 31.7. The molecule has 0 saturated heterocycles. The molecule has 0 aliphatic rings. The Balaban J connectivity index is 0.000000151. The molecule has 2 N–H and O–H groups in total. The lowest BCUT2D eigenvalue weighted by molar-refractivity contribution is 0.511. The second kappa shape index (κ2) is 12.4. The molecule has 4 aromatic carbocycles. The van der Waals surface area contributed by atoms with E-state index in [4.69, 9.17) is 11.6 Å². The van der Waals surface area contributed by atoms with Crippen molar-refractivity contribution in [2.24, 2.45) is 0 Å². The molecule has 0 bridgehead atoms. The monoisotopic (exact) mass is 624 g/mol. The largest absolute Gasteiger partial charge is 0.360 e. The SMILES string of the molecule is CC.Fc1cc(Cl)cc2c(-c3ccc4ccccc4n3)c[nH]c12.Fc1cc2[nH]cc(-c3ccc4c(F)cccc4n3)c2cc1F. The number of fused-ring (bicyclic) bond motifs is 4. The van der Waals surface area contributed by atoms with Crippen molar-refractivity contribution >= 4 is 55.2 Å². The van der Waals surface area contributed by atoms with Crippen LogP contribution in [0.5, 0.6) is 0 Å². The summed E-state index contributed by atoms with van der Waals surface area (Å²) in [5, 5.41) is 3.14. The van der Waals surface area contributed by atoms with Crippen LogP contribution < -0.4 is 0 Å². The molecule has 0 spiro atoms. The van der Waals surface area contributed by atoms with E-state index in [1.807, 2.05) is 50.2 Å². The van der Waals surface area contributed by atoms with Gasteiger partial charge in [0.25, 0.3) is 0 Å². The van der Waals surface area contributed by atoms with Gasteiger partial charge in [-0.1, -0.05) is 55.8 Å². The van der Waals surface area contributed by atoms with Crippen molar-refractivity contribution in [2.45, 2.75) is 13.8 Å². The van der Waals surface area contributed by atoms with Crippen LogP contribution in [-0.2, 0) is 0 Å². The lowest BCUT2D eigenvalue weighted by Gasteiger charge is -2.03. The van der Waals surface area contributed by atoms with Crippen LogP contribution in [0.15, 0.2) is 103 Å². The first-order valence-corrected chi connectivity index (χ1v) is 14.6. The number of rotatable bonds is 2. The number of para-hydroxylation sites is 1. The maximum Gasteiger partial charge on any atom is 0.160 e. The first kappa shape index (κ1) is 29.8. The van der Waals surface area contributed by atoms with E-state index >= 15 is 0 Å². The quantitative estimate of drug-likeness (QED) is 0.188. The van der Waals surface area contributed by atoms with E-state index in [2.05, 4.69) is 19.9 Å². The summed E-state index contributed by atoms with van der Waals surface area (Å²) < 4.78 is 54.3. The molecule has 224 valence electrons. The van der Waals surface area contributed by atoms with Crippen LogP contribution in [0, 0.1) is 23.3 Å². The minimum atomic E-state index is -0.916. The van der Waals surface area contributed by atoms with Crippen LogP contribution in [0.25, 0.3) is 66.1 Å². The van der Waals surface area contributed by atoms with Crippen LogP contribution in [0.2, 0.25) is 5.02 Å². The Morgan fingerprint density at radius 2 is 1.22 bits per heavy atom. The molecular weight excluding hydrogens is 600 g/mol. The molecule has 0 unspecified atom stereocenters. The summed E-state index contributed by atoms with van der Waals surface area (Å²) in [4.78, 5) is 14.9. The average Bonchev–Trinajstić information content (AvgIpc) is 3.67. The number of hydrogen-bond acceptors (Lipinski definition) is 2. The number of benzene rings is 4. The van der Waals surface area contributed by atoms with Gasteiger partial charge in [0.2, 0.25) is 0 Å². The maximum absolute atomic E-state index is 13.9. The molecule has 4 aromatic heterocycles. The van der Waals surface area contributed by atoms with Crippen LogP contribution >= 0.6 is 11.6 Å². The van der Waals surface area contributed by atoms with Crippen molar-refractivity contribution in [1.82, 2.24) is 19.9 Å². The minimum Gasteiger partial charge on any atom is -0.360 e. The number of nitrogens with one attached hydrogen (secondary N) is 2. The fourth-order valence-electron chi connectivity index (χ4n) is 5.18. The van der Waals surface area contributed by atoms with Gasteiger partial charge in [0.15, 0.2) is 11.6 Å². The first-order valence-electron chi connectivity index (χ1n) is 14.2. The molecule has 0 fully saturated rings. The molecule has 4 nitrogen and oxygen atoms in total. The number of hydrogen-bond donors (Lipinski definition) is 2. The average molecular weight is 625 g/mol. The van der Waals surface area contributed by atoms with Gasteiger partial charge < -0.3 is 9.97 Å². The van der Waals surface area contributed by atoms with Gasteiger partial charge in [0, 0.05) is 61.7 Å². The number of halogens is 5. The Morgan fingerprint density at radius 3 is 2.04 bits per heavy atom. The Bertz CT molecular complexity index is 2330. The second-order valence-electron chi connectivity index (χ2n) is 9.92. The topological polar surface area (TPSA) is 57.4 Å². The Morgan fingerprint density at radius 1 is 0.556 bits per heavy atom. The molecule has 0 atom stereocenters. The van der Waals surface area contributed by atoms with Crippen molar-refractivity contribution in [2.75, 3.05) is 0 Å². The molecule has 0 amide bonds. The molecule has 8 aromatic rings. The van der Waals surface area contributed by atoms with E-state index in [9.17, 15) is 17.6 Å². The third kappa shape index (κ3) is 5.72. The van der Waals surface area contributed by atoms with Gasteiger partial charge in [0.05, 0.1) is 27.9 Å². The summed E-state index contributed by atoms with van der Waals surface area (Å²) in [5.74, 6) is -2.53. The molecule has 0 aliphatic carbocycles. The molecule has 0 radical (unpaired) electrons. The van der Waals surface area contributed by atoms with Crippen LogP contribution in [-0.4, -0.2) is 19.9 Å². The molecule has 45 heavy (non-hydrogen) atoms. The summed E-state index contributed by atoms with van der Waals surface area (Å²) in [7, 11) is 0. The molecule has 0 saturated carbocycles. The Kier molecular flexibility index (Phi) is 8.24. The van der Waals surface area contributed by atoms with Gasteiger partial charge >= 0.3 is 0 Å². The highest BCUT2D eigenvalue weighted by Crippen LogP contribution is 2.33. The van der Waals surface area contributed by atoms with Gasteiger partial charge in [0.1, 0.15) is 11.6 Å². The minimum absolute atomic E-state index is 0.344. The summed E-state index contributed by atoms with van der Waals surface area (Å²) in [6.07, 6.45) is 3.40. The van der Waals surface area contributed by atoms with E-state index in [1.54, 1.807) is 42.7 Å². The normalized spacial score (nSPS) is 11.0. The van der Waals surface area contributed by atoms with E-state index < -0.39 is 11.6 Å². The highest BCUT2D eigenvalue weighted by atomic mass is 35.5. The lowest BCUT2D eigenvalue weighted by Crippen LogP contribution is -1.87. The standard InChI is InChI=1S/C17H10ClFN2.C17H9F3N2.C2H6/c18-11-7-12-13(9-20-17(12)14(19)8-11)16-6-5-10-3-1-2-4-15(10)21-16;18-12-2-1-3-15-9(12)4-5-16(22-15)11-8-21-17-7-14(20)13(19)6-10(11)17;1-2/h1-9,20H;1-8,21H;1-2H3. The van der Waals surface area contributed by atoms with E-state index in [1.165, 1.54) is 12.1 Å². The van der Waals surface area contributed by atoms with Crippen molar-refractivity contribution in [3.05, 3.63) is 132 Å². The highest BCUT2D eigenvalue weighted by molar-refractivity contribution is 6.31. The third-order valence-electron chi connectivity index (χ3n) is 7.26. The van der Waals surface area contributed by atoms with Gasteiger partial charge in [-0.05, 0) is 54.6 Å². The Hall–Kier alpha value is -5.21. The van der Waals surface area contributed by atoms with Crippen molar-refractivity contribution < 1.29 is 17.6 Å². The third-order valence-corrected chi connectivity index (χ3v) is 7.48. The molecule has 8 rings (SSSR count). The Labute approximate surface area is 260 Å². The van der Waals surface area contributed by atoms with E-state index in [0.29, 0.717) is 43.6 Å². The van der Waals surface area contributed by atoms with Gasteiger partial charge in [-0.2, -0.15) is 0 Å². The van der Waals surface area contributed by atoms with Gasteiger partial charge in [-0.15, -0.1) is 0 Å². The lowest BCUT2D eigenvalue weighted by atomic mass is 10.1. The number of aromatic amines is 2. The van der Waals surface area contributed by atoms with Crippen molar-refractivity contribution in [3.63, 3.8) is 0 Å².